The van der Waals surface area contributed by atoms with E-state index in [4.69, 9.17) is 11.6 Å². The van der Waals surface area contributed by atoms with Crippen LogP contribution in [0.4, 0.5) is 0 Å². The standard InChI is InChI=1S/C17H20ClN3O4S2/c1-20(2)17(23)13-6-4-12(5-7-13)10-19-15(22)11-21(3)27(24,25)16-9-8-14(18)26-16/h4-9H,10-11H2,1-3H3,(H,19,22). The second kappa shape index (κ2) is 8.83. The van der Waals surface area contributed by atoms with Crippen LogP contribution < -0.4 is 5.32 Å². The number of nitrogens with zero attached hydrogens (tertiary/aromatic N) is 2. The number of halogens is 1. The Bertz CT molecular complexity index is 924. The Labute approximate surface area is 167 Å². The highest BCUT2D eigenvalue weighted by molar-refractivity contribution is 7.91. The summed E-state index contributed by atoms with van der Waals surface area (Å²) in [4.78, 5) is 25.4. The van der Waals surface area contributed by atoms with Crippen molar-refractivity contribution in [3.05, 3.63) is 51.9 Å². The van der Waals surface area contributed by atoms with E-state index in [9.17, 15) is 18.0 Å². The maximum atomic E-state index is 12.4. The summed E-state index contributed by atoms with van der Waals surface area (Å²) in [6.07, 6.45) is 0. The molecule has 0 atom stereocenters. The van der Waals surface area contributed by atoms with Crippen molar-refractivity contribution in [1.29, 1.82) is 0 Å². The number of carbonyl (C=O) groups excluding carboxylic acids is 2. The van der Waals surface area contributed by atoms with Crippen molar-refractivity contribution in [2.24, 2.45) is 0 Å². The summed E-state index contributed by atoms with van der Waals surface area (Å²) in [6.45, 7) is -0.0803. The third-order valence-corrected chi connectivity index (χ3v) is 7.18. The van der Waals surface area contributed by atoms with Crippen molar-refractivity contribution in [2.75, 3.05) is 27.7 Å². The van der Waals surface area contributed by atoms with Crippen LogP contribution in [0.15, 0.2) is 40.6 Å². The van der Waals surface area contributed by atoms with Gasteiger partial charge in [0.15, 0.2) is 0 Å². The van der Waals surface area contributed by atoms with E-state index in [2.05, 4.69) is 5.32 Å². The molecule has 0 aliphatic rings. The largest absolute Gasteiger partial charge is 0.351 e. The van der Waals surface area contributed by atoms with E-state index < -0.39 is 15.9 Å². The number of thiophene rings is 1. The summed E-state index contributed by atoms with van der Waals surface area (Å²) in [5, 5.41) is 2.67. The van der Waals surface area contributed by atoms with E-state index in [1.807, 2.05) is 0 Å². The van der Waals surface area contributed by atoms with Crippen LogP contribution in [0, 0.1) is 0 Å². The first kappa shape index (κ1) is 21.4. The predicted octanol–water partition coefficient (Wildman–Crippen LogP) is 2.04. The zero-order valence-electron chi connectivity index (χ0n) is 15.1. The Morgan fingerprint density at radius 1 is 1.07 bits per heavy atom. The van der Waals surface area contributed by atoms with Crippen LogP contribution in [0.3, 0.4) is 0 Å². The van der Waals surface area contributed by atoms with Crippen LogP contribution in [0.2, 0.25) is 4.34 Å². The maximum absolute atomic E-state index is 12.4. The molecule has 1 heterocycles. The number of likely N-dealkylation sites (N-methyl/N-ethyl adjacent to an activating group) is 1. The van der Waals surface area contributed by atoms with Gasteiger partial charge >= 0.3 is 0 Å². The van der Waals surface area contributed by atoms with Gasteiger partial charge in [-0.3, -0.25) is 9.59 Å². The molecule has 146 valence electrons. The Morgan fingerprint density at radius 3 is 2.22 bits per heavy atom. The van der Waals surface area contributed by atoms with Crippen molar-refractivity contribution >= 4 is 44.8 Å². The van der Waals surface area contributed by atoms with E-state index in [1.54, 1.807) is 38.4 Å². The van der Waals surface area contributed by atoms with Gasteiger partial charge in [0.05, 0.1) is 10.9 Å². The smallest absolute Gasteiger partial charge is 0.253 e. The highest BCUT2D eigenvalue weighted by atomic mass is 35.5. The van der Waals surface area contributed by atoms with Gasteiger partial charge in [-0.1, -0.05) is 23.7 Å². The van der Waals surface area contributed by atoms with Crippen LogP contribution in [-0.2, 0) is 21.4 Å². The molecule has 27 heavy (non-hydrogen) atoms. The third kappa shape index (κ3) is 5.52. The summed E-state index contributed by atoms with van der Waals surface area (Å²) in [6, 6.07) is 9.75. The molecule has 10 heteroatoms. The Hall–Kier alpha value is -1.94. The molecule has 0 aliphatic carbocycles. The minimum absolute atomic E-state index is 0.0870. The summed E-state index contributed by atoms with van der Waals surface area (Å²) < 4.78 is 26.2. The first-order valence-corrected chi connectivity index (χ1v) is 10.5. The second-order valence-corrected chi connectivity index (χ2v) is 9.98. The number of carbonyl (C=O) groups is 2. The van der Waals surface area contributed by atoms with Gasteiger partial charge < -0.3 is 10.2 Å². The number of rotatable bonds is 7. The molecule has 0 fully saturated rings. The van der Waals surface area contributed by atoms with Gasteiger partial charge in [0, 0.05) is 33.3 Å². The van der Waals surface area contributed by atoms with E-state index in [0.29, 0.717) is 9.90 Å². The molecule has 0 radical (unpaired) electrons. The van der Waals surface area contributed by atoms with Crippen LogP contribution in [0.1, 0.15) is 15.9 Å². The van der Waals surface area contributed by atoms with Gasteiger partial charge in [-0.15, -0.1) is 11.3 Å². The summed E-state index contributed by atoms with van der Waals surface area (Å²) in [7, 11) is 0.926. The molecule has 0 bridgehead atoms. The molecule has 0 aliphatic heterocycles. The molecular weight excluding hydrogens is 410 g/mol. The molecule has 1 N–H and O–H groups in total. The Balaban J connectivity index is 1.91. The van der Waals surface area contributed by atoms with Crippen LogP contribution in [0.5, 0.6) is 0 Å². The monoisotopic (exact) mass is 429 g/mol. The van der Waals surface area contributed by atoms with Crippen molar-refractivity contribution in [3.63, 3.8) is 0 Å². The van der Waals surface area contributed by atoms with Gasteiger partial charge in [-0.2, -0.15) is 4.31 Å². The molecule has 1 aromatic heterocycles. The highest BCUT2D eigenvalue weighted by Gasteiger charge is 2.24. The number of nitrogens with one attached hydrogen (secondary N) is 1. The third-order valence-electron chi connectivity index (χ3n) is 3.68. The lowest BCUT2D eigenvalue weighted by Crippen LogP contribution is -2.37. The molecular formula is C17H20ClN3O4S2. The number of hydrogen-bond acceptors (Lipinski definition) is 5. The van der Waals surface area contributed by atoms with Crippen LogP contribution in [0.25, 0.3) is 0 Å². The lowest BCUT2D eigenvalue weighted by atomic mass is 10.1. The lowest BCUT2D eigenvalue weighted by Gasteiger charge is -2.16. The fourth-order valence-electron chi connectivity index (χ4n) is 2.16. The quantitative estimate of drug-likeness (QED) is 0.729. The summed E-state index contributed by atoms with van der Waals surface area (Å²) >= 11 is 6.71. The minimum atomic E-state index is -3.76. The normalized spacial score (nSPS) is 11.4. The fraction of sp³-hybridized carbons (Fsp3) is 0.294. The molecule has 2 amide bonds. The topological polar surface area (TPSA) is 86.8 Å². The lowest BCUT2D eigenvalue weighted by molar-refractivity contribution is -0.121. The Morgan fingerprint density at radius 2 is 1.70 bits per heavy atom. The van der Waals surface area contributed by atoms with E-state index >= 15 is 0 Å². The molecule has 0 saturated carbocycles. The first-order chi connectivity index (χ1) is 12.6. The predicted molar refractivity (Wildman–Crippen MR) is 105 cm³/mol. The van der Waals surface area contributed by atoms with Gasteiger partial charge in [0.25, 0.3) is 15.9 Å². The first-order valence-electron chi connectivity index (χ1n) is 7.90. The Kier molecular flexibility index (Phi) is 6.99. The molecule has 0 spiro atoms. The van der Waals surface area contributed by atoms with Crippen LogP contribution >= 0.6 is 22.9 Å². The molecule has 1 aromatic carbocycles. The zero-order chi connectivity index (χ0) is 20.2. The van der Waals surface area contributed by atoms with Gasteiger partial charge in [0.1, 0.15) is 4.21 Å². The van der Waals surface area contributed by atoms with Gasteiger partial charge in [0.2, 0.25) is 5.91 Å². The summed E-state index contributed by atoms with van der Waals surface area (Å²) in [5.41, 5.74) is 1.35. The van der Waals surface area contributed by atoms with Crippen molar-refractivity contribution in [1.82, 2.24) is 14.5 Å². The molecule has 0 unspecified atom stereocenters. The van der Waals surface area contributed by atoms with Crippen LogP contribution in [-0.4, -0.2) is 57.1 Å². The minimum Gasteiger partial charge on any atom is -0.351 e. The van der Waals surface area contributed by atoms with Crippen molar-refractivity contribution in [3.8, 4) is 0 Å². The van der Waals surface area contributed by atoms with E-state index in [1.165, 1.54) is 24.1 Å². The van der Waals surface area contributed by atoms with Crippen molar-refractivity contribution in [2.45, 2.75) is 10.8 Å². The fourth-order valence-corrected chi connectivity index (χ4v) is 4.98. The number of benzene rings is 1. The maximum Gasteiger partial charge on any atom is 0.253 e. The number of amides is 2. The molecule has 0 saturated heterocycles. The summed E-state index contributed by atoms with van der Waals surface area (Å²) in [5.74, 6) is -0.539. The van der Waals surface area contributed by atoms with Gasteiger partial charge in [-0.25, -0.2) is 8.42 Å². The van der Waals surface area contributed by atoms with Crippen molar-refractivity contribution < 1.29 is 18.0 Å². The molecule has 7 nitrogen and oxygen atoms in total. The second-order valence-electron chi connectivity index (χ2n) is 5.99. The van der Waals surface area contributed by atoms with E-state index in [-0.39, 0.29) is 23.2 Å². The number of sulfonamides is 1. The SMILES string of the molecule is CN(C)C(=O)c1ccc(CNC(=O)CN(C)S(=O)(=O)c2ccc(Cl)s2)cc1. The average Bonchev–Trinajstić information content (AvgIpc) is 3.06. The molecule has 2 aromatic rings. The highest BCUT2D eigenvalue weighted by Crippen LogP contribution is 2.27. The van der Waals surface area contributed by atoms with E-state index in [0.717, 1.165) is 21.2 Å². The van der Waals surface area contributed by atoms with Gasteiger partial charge in [-0.05, 0) is 29.8 Å². The average molecular weight is 430 g/mol. The molecule has 2 rings (SSSR count). The number of hydrogen-bond donors (Lipinski definition) is 1. The zero-order valence-corrected chi connectivity index (χ0v) is 17.5.